The average Bonchev–Trinajstić information content (AvgIpc) is 3.54. The largest absolute Gasteiger partial charge is 0.427 e. The van der Waals surface area contributed by atoms with Gasteiger partial charge in [0.2, 0.25) is 12.7 Å². The Morgan fingerprint density at radius 3 is 2.66 bits per heavy atom. The quantitative estimate of drug-likeness (QED) is 0.165. The summed E-state index contributed by atoms with van der Waals surface area (Å²) in [5, 5.41) is 12.4. The van der Waals surface area contributed by atoms with E-state index in [1.807, 2.05) is 48.0 Å². The summed E-state index contributed by atoms with van der Waals surface area (Å²) in [5.41, 5.74) is 0.963. The van der Waals surface area contributed by atoms with Crippen molar-refractivity contribution in [2.75, 3.05) is 18.3 Å². The first-order chi connectivity index (χ1) is 19.5. The van der Waals surface area contributed by atoms with Crippen LogP contribution in [0.2, 0.25) is 0 Å². The molecule has 0 radical (unpaired) electrons. The van der Waals surface area contributed by atoms with Gasteiger partial charge in [-0.3, -0.25) is 19.3 Å². The molecule has 0 saturated carbocycles. The van der Waals surface area contributed by atoms with E-state index in [9.17, 15) is 19.2 Å². The zero-order valence-electron chi connectivity index (χ0n) is 22.9. The molecule has 2 atom stereocenters. The molecule has 14 heteroatoms. The Bertz CT molecular complexity index is 1540. The minimum Gasteiger partial charge on any atom is -0.427 e. The number of para-hydroxylation sites is 1. The summed E-state index contributed by atoms with van der Waals surface area (Å²) >= 11 is 4.32. The van der Waals surface area contributed by atoms with Crippen LogP contribution in [0.1, 0.15) is 25.8 Å². The van der Waals surface area contributed by atoms with Crippen molar-refractivity contribution in [1.29, 1.82) is 0 Å². The number of amides is 2. The number of carbonyl (C=O) groups excluding carboxylic acids is 4. The van der Waals surface area contributed by atoms with E-state index in [1.54, 1.807) is 20.8 Å². The average molecular weight is 616 g/mol. The van der Waals surface area contributed by atoms with Crippen LogP contribution in [0.15, 0.2) is 52.1 Å². The number of ether oxygens (including phenoxy) is 2. The van der Waals surface area contributed by atoms with Gasteiger partial charge >= 0.3 is 11.9 Å². The molecule has 0 bridgehead atoms. The number of hydrogen-bond donors (Lipinski definition) is 1. The van der Waals surface area contributed by atoms with Gasteiger partial charge in [-0.25, -0.2) is 4.79 Å². The minimum atomic E-state index is -0.782. The first kappa shape index (κ1) is 29.1. The van der Waals surface area contributed by atoms with E-state index in [1.165, 1.54) is 39.8 Å². The van der Waals surface area contributed by atoms with Crippen molar-refractivity contribution in [3.63, 3.8) is 0 Å². The second-order valence-electron chi connectivity index (χ2n) is 10.5. The van der Waals surface area contributed by atoms with Crippen LogP contribution in [0.5, 0.6) is 0 Å². The van der Waals surface area contributed by atoms with Gasteiger partial charge < -0.3 is 19.4 Å². The number of thioether (sulfide) groups is 2. The van der Waals surface area contributed by atoms with E-state index in [0.717, 1.165) is 20.3 Å². The summed E-state index contributed by atoms with van der Waals surface area (Å²) in [6.07, 6.45) is 1.83. The SMILES string of the molecule is Cc1nnc(SCC2=C(C(=O)OCOC(=O)C(C)(C)C)N3C(=O)C(NC(=O)Cn4ccc5ccccc54)C3SC2)s1. The standard InChI is InChI=1S/C27H29N5O6S3/c1-15-29-30-26(41-15)40-13-17-12-39-23-20(28-19(33)11-31-10-9-16-7-5-6-8-18(16)31)22(34)32(23)21(17)24(35)37-14-38-25(36)27(2,3)4/h5-10,20,23H,11-14H2,1-4H3,(H,28,33). The lowest BCUT2D eigenvalue weighted by molar-refractivity contribution is -0.173. The number of carbonyl (C=O) groups is 4. The van der Waals surface area contributed by atoms with Crippen LogP contribution < -0.4 is 5.32 Å². The van der Waals surface area contributed by atoms with Gasteiger partial charge in [0.1, 0.15) is 28.7 Å². The van der Waals surface area contributed by atoms with Crippen molar-refractivity contribution in [3.05, 3.63) is 52.8 Å². The van der Waals surface area contributed by atoms with Crippen molar-refractivity contribution >= 4 is 69.5 Å². The molecule has 2 aliphatic rings. The van der Waals surface area contributed by atoms with Gasteiger partial charge in [0, 0.05) is 23.2 Å². The predicted molar refractivity (Wildman–Crippen MR) is 156 cm³/mol. The molecule has 216 valence electrons. The third-order valence-electron chi connectivity index (χ3n) is 6.42. The molecule has 0 spiro atoms. The van der Waals surface area contributed by atoms with Crippen LogP contribution in [0.3, 0.4) is 0 Å². The number of benzene rings is 1. The van der Waals surface area contributed by atoms with E-state index in [2.05, 4.69) is 15.5 Å². The summed E-state index contributed by atoms with van der Waals surface area (Å²) in [5.74, 6) is -1.15. The highest BCUT2D eigenvalue weighted by molar-refractivity contribution is 8.01. The van der Waals surface area contributed by atoms with Crippen molar-refractivity contribution in [3.8, 4) is 0 Å². The van der Waals surface area contributed by atoms with Gasteiger partial charge in [-0.2, -0.15) is 0 Å². The Kier molecular flexibility index (Phi) is 8.43. The Balaban J connectivity index is 1.28. The third-order valence-corrected chi connectivity index (χ3v) is 9.82. The molecular formula is C27H29N5O6S3. The molecule has 1 aromatic carbocycles. The molecule has 11 nitrogen and oxygen atoms in total. The fourth-order valence-electron chi connectivity index (χ4n) is 4.34. The topological polar surface area (TPSA) is 133 Å². The second-order valence-corrected chi connectivity index (χ2v) is 14.0. The highest BCUT2D eigenvalue weighted by atomic mass is 32.2. The summed E-state index contributed by atoms with van der Waals surface area (Å²) in [7, 11) is 0. The zero-order valence-corrected chi connectivity index (χ0v) is 25.4. The normalized spacial score (nSPS) is 18.6. The van der Waals surface area contributed by atoms with Crippen molar-refractivity contribution in [2.45, 2.75) is 50.0 Å². The number of rotatable bonds is 9. The van der Waals surface area contributed by atoms with Gasteiger partial charge in [0.05, 0.1) is 5.41 Å². The summed E-state index contributed by atoms with van der Waals surface area (Å²) < 4.78 is 13.0. The zero-order chi connectivity index (χ0) is 29.3. The molecule has 2 unspecified atom stereocenters. The number of nitrogens with zero attached hydrogens (tertiary/aromatic N) is 4. The van der Waals surface area contributed by atoms with Crippen LogP contribution >= 0.6 is 34.9 Å². The number of nitrogens with one attached hydrogen (secondary N) is 1. The molecule has 1 fully saturated rings. The summed E-state index contributed by atoms with van der Waals surface area (Å²) in [6.45, 7) is 6.42. The molecule has 1 saturated heterocycles. The highest BCUT2D eigenvalue weighted by Crippen LogP contribution is 2.42. The monoisotopic (exact) mass is 615 g/mol. The van der Waals surface area contributed by atoms with Gasteiger partial charge in [-0.15, -0.1) is 22.0 Å². The number of aryl methyl sites for hydroxylation is 1. The van der Waals surface area contributed by atoms with Crippen molar-refractivity contribution in [2.24, 2.45) is 5.41 Å². The molecule has 2 amide bonds. The van der Waals surface area contributed by atoms with Gasteiger partial charge in [-0.1, -0.05) is 41.3 Å². The van der Waals surface area contributed by atoms with Crippen LogP contribution in [0.25, 0.3) is 10.9 Å². The maximum atomic E-state index is 13.3. The highest BCUT2D eigenvalue weighted by Gasteiger charge is 2.54. The number of esters is 2. The van der Waals surface area contributed by atoms with Crippen molar-refractivity contribution < 1.29 is 28.7 Å². The van der Waals surface area contributed by atoms with Crippen molar-refractivity contribution in [1.82, 2.24) is 25.0 Å². The van der Waals surface area contributed by atoms with Gasteiger partial charge in [0.25, 0.3) is 5.91 Å². The van der Waals surface area contributed by atoms with Gasteiger partial charge in [0.15, 0.2) is 4.34 Å². The van der Waals surface area contributed by atoms with Gasteiger partial charge in [-0.05, 0) is 50.8 Å². The predicted octanol–water partition coefficient (Wildman–Crippen LogP) is 3.34. The smallest absolute Gasteiger partial charge is 0.357 e. The van der Waals surface area contributed by atoms with Crippen LogP contribution in [0.4, 0.5) is 0 Å². The lowest BCUT2D eigenvalue weighted by atomic mass is 9.98. The Morgan fingerprint density at radius 2 is 1.93 bits per heavy atom. The molecule has 1 N–H and O–H groups in total. The molecule has 3 aromatic rings. The first-order valence-corrected chi connectivity index (χ1v) is 15.6. The maximum absolute atomic E-state index is 13.3. The fraction of sp³-hybridized carbons (Fsp3) is 0.407. The number of hydrogen-bond acceptors (Lipinski definition) is 11. The Labute approximate surface area is 249 Å². The van der Waals surface area contributed by atoms with E-state index in [4.69, 9.17) is 9.47 Å². The van der Waals surface area contributed by atoms with E-state index in [-0.39, 0.29) is 18.1 Å². The number of aromatic nitrogens is 3. The molecule has 5 rings (SSSR count). The first-order valence-electron chi connectivity index (χ1n) is 12.8. The van der Waals surface area contributed by atoms with Crippen LogP contribution in [-0.4, -0.2) is 73.1 Å². The second kappa shape index (κ2) is 11.9. The Morgan fingerprint density at radius 1 is 1.15 bits per heavy atom. The minimum absolute atomic E-state index is 0.0573. The molecule has 2 aliphatic heterocycles. The fourth-order valence-corrected chi connectivity index (χ4v) is 7.64. The molecule has 4 heterocycles. The third kappa shape index (κ3) is 6.28. The molecule has 0 aliphatic carbocycles. The molecule has 2 aromatic heterocycles. The maximum Gasteiger partial charge on any atom is 0.357 e. The lowest BCUT2D eigenvalue weighted by Gasteiger charge is -2.49. The summed E-state index contributed by atoms with van der Waals surface area (Å²) in [4.78, 5) is 53.0. The molecule has 41 heavy (non-hydrogen) atoms. The van der Waals surface area contributed by atoms with E-state index < -0.39 is 41.5 Å². The van der Waals surface area contributed by atoms with E-state index in [0.29, 0.717) is 17.1 Å². The number of fused-ring (bicyclic) bond motifs is 2. The Hall–Kier alpha value is -3.36. The van der Waals surface area contributed by atoms with Crippen LogP contribution in [0, 0.1) is 12.3 Å². The number of β-lactam (4-membered cyclic amide) rings is 1. The lowest BCUT2D eigenvalue weighted by Crippen LogP contribution is -2.70. The molecular weight excluding hydrogens is 587 g/mol. The van der Waals surface area contributed by atoms with Crippen LogP contribution in [-0.2, 0) is 35.2 Å². The van der Waals surface area contributed by atoms with E-state index >= 15 is 0 Å². The summed E-state index contributed by atoms with van der Waals surface area (Å²) in [6, 6.07) is 8.88.